The Kier molecular flexibility index (Phi) is 6.17. The standard InChI is InChI=1S/C14H22N2O4S/c1-4-20-14(17)10-16(9-11(2)3)21(18,19)13-8-6-5-7-12(13)15/h5-8,11H,4,9-10,15H2,1-3H3. The van der Waals surface area contributed by atoms with E-state index in [0.29, 0.717) is 0 Å². The Morgan fingerprint density at radius 2 is 1.95 bits per heavy atom. The van der Waals surface area contributed by atoms with E-state index in [1.807, 2.05) is 13.8 Å². The van der Waals surface area contributed by atoms with Crippen LogP contribution < -0.4 is 5.73 Å². The van der Waals surface area contributed by atoms with Crippen molar-refractivity contribution in [2.45, 2.75) is 25.7 Å². The first-order valence-corrected chi connectivity index (χ1v) is 8.23. The van der Waals surface area contributed by atoms with Crippen molar-refractivity contribution >= 4 is 21.7 Å². The van der Waals surface area contributed by atoms with Gasteiger partial charge in [0.25, 0.3) is 0 Å². The first-order valence-electron chi connectivity index (χ1n) is 6.79. The Morgan fingerprint density at radius 1 is 1.33 bits per heavy atom. The number of rotatable bonds is 7. The van der Waals surface area contributed by atoms with Gasteiger partial charge < -0.3 is 10.5 Å². The van der Waals surface area contributed by atoms with Crippen LogP contribution in [0.2, 0.25) is 0 Å². The zero-order valence-electron chi connectivity index (χ0n) is 12.6. The molecule has 6 nitrogen and oxygen atoms in total. The summed E-state index contributed by atoms with van der Waals surface area (Å²) in [7, 11) is -3.83. The molecule has 0 amide bonds. The van der Waals surface area contributed by atoms with Crippen LogP contribution in [0.25, 0.3) is 0 Å². The van der Waals surface area contributed by atoms with E-state index in [1.54, 1.807) is 19.1 Å². The van der Waals surface area contributed by atoms with Crippen molar-refractivity contribution in [3.8, 4) is 0 Å². The molecule has 0 aliphatic rings. The van der Waals surface area contributed by atoms with Crippen molar-refractivity contribution in [3.63, 3.8) is 0 Å². The first-order chi connectivity index (χ1) is 9.78. The molecule has 0 unspecified atom stereocenters. The fourth-order valence-electron chi connectivity index (χ4n) is 1.86. The lowest BCUT2D eigenvalue weighted by Gasteiger charge is -2.23. The van der Waals surface area contributed by atoms with E-state index in [2.05, 4.69) is 0 Å². The quantitative estimate of drug-likeness (QED) is 0.608. The van der Waals surface area contributed by atoms with Gasteiger partial charge in [0.1, 0.15) is 11.4 Å². The molecule has 0 fully saturated rings. The van der Waals surface area contributed by atoms with Gasteiger partial charge in [0.15, 0.2) is 0 Å². The van der Waals surface area contributed by atoms with E-state index in [4.69, 9.17) is 10.5 Å². The smallest absolute Gasteiger partial charge is 0.321 e. The third-order valence-electron chi connectivity index (χ3n) is 2.72. The second-order valence-corrected chi connectivity index (χ2v) is 6.94. The summed E-state index contributed by atoms with van der Waals surface area (Å²) in [5.41, 5.74) is 5.90. The number of sulfonamides is 1. The third-order valence-corrected chi connectivity index (χ3v) is 4.60. The molecule has 0 atom stereocenters. The van der Waals surface area contributed by atoms with Crippen LogP contribution in [0, 0.1) is 5.92 Å². The Balaban J connectivity index is 3.12. The van der Waals surface area contributed by atoms with Gasteiger partial charge >= 0.3 is 5.97 Å². The molecule has 1 rings (SSSR count). The highest BCUT2D eigenvalue weighted by Gasteiger charge is 2.29. The van der Waals surface area contributed by atoms with Crippen molar-refractivity contribution in [1.82, 2.24) is 4.31 Å². The number of carbonyl (C=O) groups excluding carboxylic acids is 1. The van der Waals surface area contributed by atoms with E-state index in [9.17, 15) is 13.2 Å². The number of benzene rings is 1. The maximum absolute atomic E-state index is 12.7. The van der Waals surface area contributed by atoms with Gasteiger partial charge in [-0.1, -0.05) is 26.0 Å². The number of nitrogens with zero attached hydrogens (tertiary/aromatic N) is 1. The largest absolute Gasteiger partial charge is 0.465 e. The number of carbonyl (C=O) groups is 1. The molecular weight excluding hydrogens is 292 g/mol. The van der Waals surface area contributed by atoms with Crippen molar-refractivity contribution in [2.75, 3.05) is 25.4 Å². The van der Waals surface area contributed by atoms with Gasteiger partial charge in [-0.05, 0) is 25.0 Å². The first kappa shape index (κ1) is 17.5. The summed E-state index contributed by atoms with van der Waals surface area (Å²) >= 11 is 0. The van der Waals surface area contributed by atoms with E-state index in [0.717, 1.165) is 4.31 Å². The summed E-state index contributed by atoms with van der Waals surface area (Å²) in [5.74, 6) is -0.504. The molecule has 2 N–H and O–H groups in total. The second-order valence-electron chi connectivity index (χ2n) is 5.03. The number of hydrogen-bond donors (Lipinski definition) is 1. The highest BCUT2D eigenvalue weighted by molar-refractivity contribution is 7.89. The monoisotopic (exact) mass is 314 g/mol. The highest BCUT2D eigenvalue weighted by Crippen LogP contribution is 2.22. The zero-order valence-corrected chi connectivity index (χ0v) is 13.4. The molecule has 1 aromatic rings. The lowest BCUT2D eigenvalue weighted by molar-refractivity contribution is -0.143. The summed E-state index contributed by atoms with van der Waals surface area (Å²) in [6, 6.07) is 6.21. The van der Waals surface area contributed by atoms with Gasteiger partial charge in [-0.3, -0.25) is 4.79 Å². The molecule has 1 aromatic carbocycles. The molecule has 21 heavy (non-hydrogen) atoms. The van der Waals surface area contributed by atoms with Gasteiger partial charge in [0, 0.05) is 6.54 Å². The van der Waals surface area contributed by atoms with Gasteiger partial charge in [0.05, 0.1) is 12.3 Å². The molecule has 0 saturated heterocycles. The van der Waals surface area contributed by atoms with Crippen molar-refractivity contribution in [2.24, 2.45) is 5.92 Å². The van der Waals surface area contributed by atoms with Crippen molar-refractivity contribution in [3.05, 3.63) is 24.3 Å². The van der Waals surface area contributed by atoms with Crippen LogP contribution >= 0.6 is 0 Å². The van der Waals surface area contributed by atoms with Gasteiger partial charge in [0.2, 0.25) is 10.0 Å². The number of ether oxygens (including phenoxy) is 1. The average molecular weight is 314 g/mol. The topological polar surface area (TPSA) is 89.7 Å². The number of nitrogens with two attached hydrogens (primary N) is 1. The molecule has 0 radical (unpaired) electrons. The van der Waals surface area contributed by atoms with Gasteiger partial charge in [-0.15, -0.1) is 0 Å². The maximum Gasteiger partial charge on any atom is 0.321 e. The van der Waals surface area contributed by atoms with E-state index in [-0.39, 0.29) is 36.2 Å². The molecule has 0 aliphatic carbocycles. The minimum Gasteiger partial charge on any atom is -0.465 e. The number of para-hydroxylation sites is 1. The number of anilines is 1. The van der Waals surface area contributed by atoms with Gasteiger partial charge in [-0.25, -0.2) is 8.42 Å². The SMILES string of the molecule is CCOC(=O)CN(CC(C)C)S(=O)(=O)c1ccccc1N. The van der Waals surface area contributed by atoms with Crippen LogP contribution in [0.15, 0.2) is 29.2 Å². The molecule has 0 spiro atoms. The molecule has 0 aromatic heterocycles. The average Bonchev–Trinajstić information content (AvgIpc) is 2.38. The summed E-state index contributed by atoms with van der Waals surface area (Å²) in [6.07, 6.45) is 0. The normalized spacial score (nSPS) is 11.9. The van der Waals surface area contributed by atoms with E-state index >= 15 is 0 Å². The van der Waals surface area contributed by atoms with Crippen LogP contribution in [0.1, 0.15) is 20.8 Å². The molecular formula is C14H22N2O4S. The Hall–Kier alpha value is -1.60. The van der Waals surface area contributed by atoms with Crippen LogP contribution in [0.5, 0.6) is 0 Å². The summed E-state index contributed by atoms with van der Waals surface area (Å²) in [4.78, 5) is 11.6. The summed E-state index contributed by atoms with van der Waals surface area (Å²) in [6.45, 7) is 5.54. The number of nitrogen functional groups attached to an aromatic ring is 1. The van der Waals surface area contributed by atoms with E-state index in [1.165, 1.54) is 12.1 Å². The second kappa shape index (κ2) is 7.42. The van der Waals surface area contributed by atoms with Gasteiger partial charge in [-0.2, -0.15) is 4.31 Å². The lowest BCUT2D eigenvalue weighted by atomic mass is 10.2. The molecule has 118 valence electrons. The number of esters is 1. The van der Waals surface area contributed by atoms with Crippen LogP contribution in [0.3, 0.4) is 0 Å². The fourth-order valence-corrected chi connectivity index (χ4v) is 3.52. The lowest BCUT2D eigenvalue weighted by Crippen LogP contribution is -2.39. The van der Waals surface area contributed by atoms with Crippen LogP contribution in [0.4, 0.5) is 5.69 Å². The maximum atomic E-state index is 12.7. The zero-order chi connectivity index (χ0) is 16.0. The molecule has 7 heteroatoms. The van der Waals surface area contributed by atoms with E-state index < -0.39 is 16.0 Å². The number of hydrogen-bond acceptors (Lipinski definition) is 5. The molecule has 0 saturated carbocycles. The van der Waals surface area contributed by atoms with Crippen LogP contribution in [-0.4, -0.2) is 38.4 Å². The summed E-state index contributed by atoms with van der Waals surface area (Å²) < 4.78 is 31.3. The minimum atomic E-state index is -3.83. The Bertz CT molecular complexity index is 584. The summed E-state index contributed by atoms with van der Waals surface area (Å²) in [5, 5.41) is 0. The molecule has 0 heterocycles. The van der Waals surface area contributed by atoms with Crippen molar-refractivity contribution < 1.29 is 17.9 Å². The minimum absolute atomic E-state index is 0.00921. The molecule has 0 aliphatic heterocycles. The fraction of sp³-hybridized carbons (Fsp3) is 0.500. The third kappa shape index (κ3) is 4.71. The predicted octanol–water partition coefficient (Wildman–Crippen LogP) is 1.48. The predicted molar refractivity (Wildman–Crippen MR) is 81.1 cm³/mol. The Morgan fingerprint density at radius 3 is 2.48 bits per heavy atom. The molecule has 0 bridgehead atoms. The highest BCUT2D eigenvalue weighted by atomic mass is 32.2. The Labute approximate surface area is 125 Å². The van der Waals surface area contributed by atoms with Crippen molar-refractivity contribution in [1.29, 1.82) is 0 Å². The van der Waals surface area contributed by atoms with Crippen LogP contribution in [-0.2, 0) is 19.6 Å².